The standard InChI is InChI=1S/C4H9N/c1-2-3-4-5/h3-4H,2,5H2,1H3. The van der Waals surface area contributed by atoms with Gasteiger partial charge in [-0.05, 0) is 12.6 Å². The molecule has 1 nitrogen and oxygen atoms in total. The summed E-state index contributed by atoms with van der Waals surface area (Å²) in [5.41, 5.74) is 4.96. The van der Waals surface area contributed by atoms with E-state index in [4.69, 9.17) is 5.73 Å². The maximum Gasteiger partial charge on any atom is -0.0103 e. The second-order valence-corrected chi connectivity index (χ2v) is 0.836. The lowest BCUT2D eigenvalue weighted by Gasteiger charge is -1.66. The van der Waals surface area contributed by atoms with Gasteiger partial charge in [0.15, 0.2) is 0 Å². The summed E-state index contributed by atoms with van der Waals surface area (Å²) in [5.74, 6) is 0. The maximum atomic E-state index is 4.96. The SMILES string of the molecule is CCC=CN. The van der Waals surface area contributed by atoms with E-state index in [9.17, 15) is 0 Å². The zero-order chi connectivity index (χ0) is 4.12. The van der Waals surface area contributed by atoms with Gasteiger partial charge in [-0.3, -0.25) is 0 Å². The van der Waals surface area contributed by atoms with E-state index in [-0.39, 0.29) is 0 Å². The van der Waals surface area contributed by atoms with Gasteiger partial charge in [-0.15, -0.1) is 0 Å². The predicted molar refractivity (Wildman–Crippen MR) is 23.6 cm³/mol. The summed E-state index contributed by atoms with van der Waals surface area (Å²) in [7, 11) is 0. The highest BCUT2D eigenvalue weighted by Crippen LogP contribution is 1.69. The van der Waals surface area contributed by atoms with Crippen molar-refractivity contribution in [2.24, 2.45) is 5.73 Å². The highest BCUT2D eigenvalue weighted by Gasteiger charge is 1.52. The van der Waals surface area contributed by atoms with Crippen molar-refractivity contribution in [2.45, 2.75) is 13.3 Å². The van der Waals surface area contributed by atoms with E-state index in [2.05, 4.69) is 0 Å². The van der Waals surface area contributed by atoms with Crippen LogP contribution in [0.2, 0.25) is 0 Å². The Balaban J connectivity index is 2.62. The lowest BCUT2D eigenvalue weighted by atomic mass is 10.5. The third kappa shape index (κ3) is 3.54. The molecule has 0 bridgehead atoms. The van der Waals surface area contributed by atoms with Gasteiger partial charge in [0.1, 0.15) is 0 Å². The molecule has 0 aromatic heterocycles. The third-order valence-electron chi connectivity index (χ3n) is 0.372. The first-order valence-electron chi connectivity index (χ1n) is 1.78. The van der Waals surface area contributed by atoms with Gasteiger partial charge in [-0.2, -0.15) is 0 Å². The second-order valence-electron chi connectivity index (χ2n) is 0.836. The molecule has 0 spiro atoms. The molecular formula is C4H9N. The van der Waals surface area contributed by atoms with Gasteiger partial charge in [0, 0.05) is 0 Å². The highest BCUT2D eigenvalue weighted by molar-refractivity contribution is 4.71. The van der Waals surface area contributed by atoms with Crippen molar-refractivity contribution in [2.75, 3.05) is 0 Å². The number of nitrogens with two attached hydrogens (primary N) is 1. The zero-order valence-corrected chi connectivity index (χ0v) is 3.44. The Labute approximate surface area is 32.5 Å². The van der Waals surface area contributed by atoms with E-state index in [1.54, 1.807) is 6.20 Å². The summed E-state index contributed by atoms with van der Waals surface area (Å²) in [4.78, 5) is 0. The van der Waals surface area contributed by atoms with E-state index in [1.807, 2.05) is 13.0 Å². The highest BCUT2D eigenvalue weighted by atomic mass is 14.5. The molecule has 0 radical (unpaired) electrons. The predicted octanol–water partition coefficient (Wildman–Crippen LogP) is 0.869. The van der Waals surface area contributed by atoms with Crippen LogP contribution in [0.5, 0.6) is 0 Å². The van der Waals surface area contributed by atoms with E-state index in [0.29, 0.717) is 0 Å². The van der Waals surface area contributed by atoms with E-state index in [1.165, 1.54) is 0 Å². The molecule has 0 aromatic rings. The Hall–Kier alpha value is -0.460. The molecule has 0 aromatic carbocycles. The molecule has 0 saturated heterocycles. The molecule has 0 amide bonds. The fraction of sp³-hybridized carbons (Fsp3) is 0.500. The number of allylic oxidation sites excluding steroid dienone is 1. The quantitative estimate of drug-likeness (QED) is 0.487. The molecule has 0 rings (SSSR count). The van der Waals surface area contributed by atoms with Crippen molar-refractivity contribution in [1.82, 2.24) is 0 Å². The normalized spacial score (nSPS) is 9.80. The molecule has 0 saturated carbocycles. The van der Waals surface area contributed by atoms with Crippen LogP contribution in [-0.2, 0) is 0 Å². The van der Waals surface area contributed by atoms with Gasteiger partial charge >= 0.3 is 0 Å². The van der Waals surface area contributed by atoms with Gasteiger partial charge in [-0.25, -0.2) is 0 Å². The first-order valence-corrected chi connectivity index (χ1v) is 1.78. The van der Waals surface area contributed by atoms with Crippen LogP contribution in [-0.4, -0.2) is 0 Å². The maximum absolute atomic E-state index is 4.96. The lowest BCUT2D eigenvalue weighted by molar-refractivity contribution is 1.21. The summed E-state index contributed by atoms with van der Waals surface area (Å²) in [6, 6.07) is 0. The summed E-state index contributed by atoms with van der Waals surface area (Å²) in [6.45, 7) is 2.04. The summed E-state index contributed by atoms with van der Waals surface area (Å²) in [5, 5.41) is 0. The fourth-order valence-corrected chi connectivity index (χ4v) is 0.136. The van der Waals surface area contributed by atoms with Crippen LogP contribution in [0.3, 0.4) is 0 Å². The van der Waals surface area contributed by atoms with E-state index in [0.717, 1.165) is 6.42 Å². The van der Waals surface area contributed by atoms with E-state index >= 15 is 0 Å². The second kappa shape index (κ2) is 3.54. The van der Waals surface area contributed by atoms with Crippen LogP contribution in [0.15, 0.2) is 12.3 Å². The molecule has 0 unspecified atom stereocenters. The third-order valence-corrected chi connectivity index (χ3v) is 0.372. The van der Waals surface area contributed by atoms with Gasteiger partial charge in [0.2, 0.25) is 0 Å². The summed E-state index contributed by atoms with van der Waals surface area (Å²) < 4.78 is 0. The zero-order valence-electron chi connectivity index (χ0n) is 3.44. The molecule has 0 aliphatic rings. The molecule has 0 aliphatic heterocycles. The van der Waals surface area contributed by atoms with Crippen LogP contribution in [0.4, 0.5) is 0 Å². The Kier molecular flexibility index (Phi) is 3.21. The van der Waals surface area contributed by atoms with Crippen molar-refractivity contribution in [3.63, 3.8) is 0 Å². The van der Waals surface area contributed by atoms with Crippen LogP contribution in [0.1, 0.15) is 13.3 Å². The Bertz CT molecular complexity index is 30.6. The lowest BCUT2D eigenvalue weighted by Crippen LogP contribution is -1.72. The van der Waals surface area contributed by atoms with E-state index < -0.39 is 0 Å². The number of hydrogen-bond acceptors (Lipinski definition) is 1. The average molecular weight is 71.1 g/mol. The molecule has 1 heteroatoms. The van der Waals surface area contributed by atoms with Crippen LogP contribution < -0.4 is 5.73 Å². The Morgan fingerprint density at radius 2 is 2.40 bits per heavy atom. The minimum absolute atomic E-state index is 1.04. The smallest absolute Gasteiger partial charge is 0.0103 e. The molecule has 0 heterocycles. The van der Waals surface area contributed by atoms with Gasteiger partial charge in [0.05, 0.1) is 0 Å². The minimum Gasteiger partial charge on any atom is -0.405 e. The molecule has 0 fully saturated rings. The van der Waals surface area contributed by atoms with Crippen molar-refractivity contribution in [3.05, 3.63) is 12.3 Å². The fourth-order valence-electron chi connectivity index (χ4n) is 0.136. The average Bonchev–Trinajstić information content (AvgIpc) is 1.41. The van der Waals surface area contributed by atoms with Gasteiger partial charge < -0.3 is 5.73 Å². The monoisotopic (exact) mass is 71.1 g/mol. The van der Waals surface area contributed by atoms with Crippen molar-refractivity contribution in [1.29, 1.82) is 0 Å². The molecule has 5 heavy (non-hydrogen) atoms. The molecule has 30 valence electrons. The Morgan fingerprint density at radius 1 is 1.80 bits per heavy atom. The topological polar surface area (TPSA) is 26.0 Å². The van der Waals surface area contributed by atoms with Crippen molar-refractivity contribution >= 4 is 0 Å². The first kappa shape index (κ1) is 4.54. The van der Waals surface area contributed by atoms with Crippen molar-refractivity contribution < 1.29 is 0 Å². The molecule has 0 atom stereocenters. The van der Waals surface area contributed by atoms with Crippen LogP contribution in [0, 0.1) is 0 Å². The van der Waals surface area contributed by atoms with Gasteiger partial charge in [-0.1, -0.05) is 13.0 Å². The van der Waals surface area contributed by atoms with Crippen LogP contribution in [0.25, 0.3) is 0 Å². The largest absolute Gasteiger partial charge is 0.405 e. The molecule has 0 aliphatic carbocycles. The summed E-state index contributed by atoms with van der Waals surface area (Å²) >= 11 is 0. The molecular weight excluding hydrogens is 62.1 g/mol. The van der Waals surface area contributed by atoms with Crippen molar-refractivity contribution in [3.8, 4) is 0 Å². The van der Waals surface area contributed by atoms with Gasteiger partial charge in [0.25, 0.3) is 0 Å². The van der Waals surface area contributed by atoms with Crippen LogP contribution >= 0.6 is 0 Å². The minimum atomic E-state index is 1.04. The first-order chi connectivity index (χ1) is 2.41. The number of hydrogen-bond donors (Lipinski definition) is 1. The summed E-state index contributed by atoms with van der Waals surface area (Å²) in [6.07, 6.45) is 4.50. The number of rotatable bonds is 1. The Morgan fingerprint density at radius 3 is 2.40 bits per heavy atom. The molecule has 2 N–H and O–H groups in total.